The van der Waals surface area contributed by atoms with Crippen LogP contribution >= 0.6 is 0 Å². The minimum atomic E-state index is -5.09. The van der Waals surface area contributed by atoms with Gasteiger partial charge in [-0.3, -0.25) is 10.1 Å². The Balaban J connectivity index is 3.60. The van der Waals surface area contributed by atoms with Crippen molar-refractivity contribution < 1.29 is 31.3 Å². The van der Waals surface area contributed by atoms with Crippen LogP contribution < -0.4 is 0 Å². The summed E-state index contributed by atoms with van der Waals surface area (Å²) in [5, 5.41) is 10.4. The maximum atomic E-state index is 12.4. The van der Waals surface area contributed by atoms with Crippen LogP contribution in [0.5, 0.6) is 0 Å². The summed E-state index contributed by atoms with van der Waals surface area (Å²) in [6.07, 6.45) is -10.0. The van der Waals surface area contributed by atoms with Crippen LogP contribution in [0.1, 0.15) is 16.7 Å². The molecule has 0 atom stereocenters. The summed E-state index contributed by atoms with van der Waals surface area (Å²) in [5.41, 5.74) is -5.49. The van der Waals surface area contributed by atoms with E-state index in [0.29, 0.717) is 0 Å². The maximum absolute atomic E-state index is 12.4. The van der Waals surface area contributed by atoms with Crippen molar-refractivity contribution in [1.82, 2.24) is 0 Å². The van der Waals surface area contributed by atoms with Gasteiger partial charge in [0.15, 0.2) is 0 Å². The predicted octanol–water partition coefficient (Wildman–Crippen LogP) is 3.94. The molecule has 100 valence electrons. The molecule has 0 aliphatic heterocycles. The van der Waals surface area contributed by atoms with Gasteiger partial charge in [0.1, 0.15) is 5.56 Å². The molecular formula is C9H5F6NO2. The number of alkyl halides is 6. The van der Waals surface area contributed by atoms with E-state index in [1.807, 2.05) is 0 Å². The number of halogens is 6. The van der Waals surface area contributed by atoms with Gasteiger partial charge in [-0.25, -0.2) is 0 Å². The molecule has 0 fully saturated rings. The lowest BCUT2D eigenvalue weighted by Gasteiger charge is -2.13. The highest BCUT2D eigenvalue weighted by atomic mass is 19.4. The van der Waals surface area contributed by atoms with Crippen molar-refractivity contribution in [2.75, 3.05) is 0 Å². The quantitative estimate of drug-likeness (QED) is 0.442. The molecule has 0 saturated carbocycles. The summed E-state index contributed by atoms with van der Waals surface area (Å²) >= 11 is 0. The van der Waals surface area contributed by atoms with Crippen molar-refractivity contribution in [3.63, 3.8) is 0 Å². The van der Waals surface area contributed by atoms with Crippen molar-refractivity contribution >= 4 is 5.69 Å². The van der Waals surface area contributed by atoms with Crippen LogP contribution in [0.4, 0.5) is 32.0 Å². The van der Waals surface area contributed by atoms with Gasteiger partial charge in [0.2, 0.25) is 0 Å². The summed E-state index contributed by atoms with van der Waals surface area (Å²) in [5.74, 6) is 0. The molecule has 0 bridgehead atoms. The number of nitro groups is 1. The fraction of sp³-hybridized carbons (Fsp3) is 0.333. The predicted molar refractivity (Wildman–Crippen MR) is 47.8 cm³/mol. The van der Waals surface area contributed by atoms with Gasteiger partial charge >= 0.3 is 12.4 Å². The van der Waals surface area contributed by atoms with Crippen LogP contribution in [-0.2, 0) is 12.4 Å². The highest BCUT2D eigenvalue weighted by Crippen LogP contribution is 2.41. The van der Waals surface area contributed by atoms with Crippen molar-refractivity contribution in [2.24, 2.45) is 0 Å². The molecule has 0 aromatic heterocycles. The first-order valence-corrected chi connectivity index (χ1v) is 4.38. The van der Waals surface area contributed by atoms with Gasteiger partial charge in [-0.15, -0.1) is 0 Å². The molecular weight excluding hydrogens is 268 g/mol. The normalized spacial score (nSPS) is 12.6. The highest BCUT2D eigenvalue weighted by molar-refractivity contribution is 5.49. The largest absolute Gasteiger partial charge is 0.423 e. The third-order valence-corrected chi connectivity index (χ3v) is 2.15. The van der Waals surface area contributed by atoms with E-state index in [1.54, 1.807) is 0 Å². The number of hydrogen-bond donors (Lipinski definition) is 0. The molecule has 0 aliphatic rings. The zero-order chi connectivity index (χ0) is 14.3. The number of rotatable bonds is 1. The van der Waals surface area contributed by atoms with Gasteiger partial charge in [-0.05, 0) is 18.6 Å². The van der Waals surface area contributed by atoms with Crippen LogP contribution in [0.15, 0.2) is 12.1 Å². The summed E-state index contributed by atoms with van der Waals surface area (Å²) in [6.45, 7) is 0.807. The Morgan fingerprint density at radius 1 is 1.00 bits per heavy atom. The van der Waals surface area contributed by atoms with E-state index in [-0.39, 0.29) is 12.1 Å². The molecule has 0 aliphatic carbocycles. The second kappa shape index (κ2) is 4.14. The van der Waals surface area contributed by atoms with Crippen LogP contribution in [-0.4, -0.2) is 4.92 Å². The lowest BCUT2D eigenvalue weighted by Crippen LogP contribution is -2.14. The fourth-order valence-corrected chi connectivity index (χ4v) is 1.38. The van der Waals surface area contributed by atoms with Crippen molar-refractivity contribution in [1.29, 1.82) is 0 Å². The average molecular weight is 273 g/mol. The SMILES string of the molecule is Cc1cc(C(F)(F)F)c([N+](=O)[O-])cc1C(F)(F)F. The second-order valence-corrected chi connectivity index (χ2v) is 3.44. The van der Waals surface area contributed by atoms with E-state index in [1.165, 1.54) is 0 Å². The molecule has 0 radical (unpaired) electrons. The number of aryl methyl sites for hydroxylation is 1. The lowest BCUT2D eigenvalue weighted by atomic mass is 10.0. The number of hydrogen-bond acceptors (Lipinski definition) is 2. The third kappa shape index (κ3) is 2.71. The van der Waals surface area contributed by atoms with Gasteiger partial charge in [0.25, 0.3) is 5.69 Å². The monoisotopic (exact) mass is 273 g/mol. The Bertz CT molecular complexity index is 491. The Hall–Kier alpha value is -1.80. The molecule has 0 spiro atoms. The standard InChI is InChI=1S/C9H5F6NO2/c1-4-2-6(9(13,14)15)7(16(17)18)3-5(4)8(10,11)12/h2-3H,1H3. The third-order valence-electron chi connectivity index (χ3n) is 2.15. The Morgan fingerprint density at radius 2 is 1.44 bits per heavy atom. The van der Waals surface area contributed by atoms with E-state index >= 15 is 0 Å². The first-order valence-electron chi connectivity index (χ1n) is 4.38. The van der Waals surface area contributed by atoms with Gasteiger partial charge in [0.05, 0.1) is 10.5 Å². The molecule has 1 aromatic carbocycles. The number of nitrogens with zero attached hydrogens (tertiary/aromatic N) is 1. The van der Waals surface area contributed by atoms with E-state index in [9.17, 15) is 36.5 Å². The van der Waals surface area contributed by atoms with Crippen LogP contribution in [0.3, 0.4) is 0 Å². The fourth-order valence-electron chi connectivity index (χ4n) is 1.38. The molecule has 0 unspecified atom stereocenters. The molecule has 3 nitrogen and oxygen atoms in total. The van der Waals surface area contributed by atoms with Gasteiger partial charge < -0.3 is 0 Å². The summed E-state index contributed by atoms with van der Waals surface area (Å²) < 4.78 is 74.5. The van der Waals surface area contributed by atoms with Gasteiger partial charge in [-0.1, -0.05) is 0 Å². The van der Waals surface area contributed by atoms with E-state index < -0.39 is 39.7 Å². The average Bonchev–Trinajstić information content (AvgIpc) is 2.13. The molecule has 18 heavy (non-hydrogen) atoms. The maximum Gasteiger partial charge on any atom is 0.423 e. The van der Waals surface area contributed by atoms with Crippen molar-refractivity contribution in [3.8, 4) is 0 Å². The Morgan fingerprint density at radius 3 is 1.78 bits per heavy atom. The number of benzene rings is 1. The Labute approximate surface area is 96.2 Å². The molecule has 0 N–H and O–H groups in total. The minimum absolute atomic E-state index is 0.0991. The zero-order valence-electron chi connectivity index (χ0n) is 8.69. The highest BCUT2D eigenvalue weighted by Gasteiger charge is 2.42. The first-order chi connectivity index (χ1) is 7.94. The van der Waals surface area contributed by atoms with E-state index in [2.05, 4.69) is 0 Å². The van der Waals surface area contributed by atoms with Crippen molar-refractivity contribution in [2.45, 2.75) is 19.3 Å². The molecule has 1 aromatic rings. The first kappa shape index (κ1) is 14.3. The van der Waals surface area contributed by atoms with Crippen LogP contribution in [0, 0.1) is 17.0 Å². The second-order valence-electron chi connectivity index (χ2n) is 3.44. The smallest absolute Gasteiger partial charge is 0.258 e. The number of nitro benzene ring substituents is 1. The molecule has 9 heteroatoms. The minimum Gasteiger partial charge on any atom is -0.258 e. The molecule has 0 amide bonds. The zero-order valence-corrected chi connectivity index (χ0v) is 8.69. The summed E-state index contributed by atoms with van der Waals surface area (Å²) in [6, 6.07) is 0.0269. The van der Waals surface area contributed by atoms with Gasteiger partial charge in [0, 0.05) is 6.07 Å². The van der Waals surface area contributed by atoms with Crippen molar-refractivity contribution in [3.05, 3.63) is 38.9 Å². The topological polar surface area (TPSA) is 43.1 Å². The van der Waals surface area contributed by atoms with Crippen LogP contribution in [0.2, 0.25) is 0 Å². The summed E-state index contributed by atoms with van der Waals surface area (Å²) in [4.78, 5) is 8.91. The Kier molecular flexibility index (Phi) is 3.28. The molecule has 1 rings (SSSR count). The lowest BCUT2D eigenvalue weighted by molar-refractivity contribution is -0.388. The van der Waals surface area contributed by atoms with Crippen LogP contribution in [0.25, 0.3) is 0 Å². The molecule has 0 saturated heterocycles. The molecule has 0 heterocycles. The van der Waals surface area contributed by atoms with E-state index in [0.717, 1.165) is 6.92 Å². The van der Waals surface area contributed by atoms with E-state index in [4.69, 9.17) is 0 Å². The van der Waals surface area contributed by atoms with Gasteiger partial charge in [-0.2, -0.15) is 26.3 Å². The summed E-state index contributed by atoms with van der Waals surface area (Å²) in [7, 11) is 0.